The fraction of sp³-hybridized carbons (Fsp3) is 0.150. The smallest absolute Gasteiger partial charge is 0.266 e. The van der Waals surface area contributed by atoms with E-state index in [0.717, 1.165) is 5.56 Å². The predicted octanol–water partition coefficient (Wildman–Crippen LogP) is 3.41. The number of aryl methyl sites for hydroxylation is 1. The fourth-order valence-corrected chi connectivity index (χ4v) is 2.61. The van der Waals surface area contributed by atoms with Crippen LogP contribution in [0.25, 0.3) is 11.3 Å². The van der Waals surface area contributed by atoms with Gasteiger partial charge in [-0.3, -0.25) is 9.59 Å². The highest BCUT2D eigenvalue weighted by Gasteiger charge is 2.07. The number of carbonyl (C=O) groups excluding carboxylic acids is 1. The highest BCUT2D eigenvalue weighted by Crippen LogP contribution is 2.15. The lowest BCUT2D eigenvalue weighted by Gasteiger charge is -2.08. The first-order chi connectivity index (χ1) is 13.0. The third kappa shape index (κ3) is 5.24. The molecule has 0 radical (unpaired) electrons. The van der Waals surface area contributed by atoms with E-state index in [1.54, 1.807) is 30.3 Å². The Labute approximate surface area is 160 Å². The molecule has 0 spiro atoms. The summed E-state index contributed by atoms with van der Waals surface area (Å²) in [6.45, 7) is 0.536. The monoisotopic (exact) mass is 385 g/mol. The first-order valence-corrected chi connectivity index (χ1v) is 8.74. The van der Waals surface area contributed by atoms with Crippen molar-refractivity contribution in [1.29, 1.82) is 0 Å². The molecule has 0 saturated carbocycles. The van der Waals surface area contributed by atoms with Crippen molar-refractivity contribution in [3.8, 4) is 11.3 Å². The van der Waals surface area contributed by atoms with Crippen LogP contribution >= 0.6 is 11.6 Å². The van der Waals surface area contributed by atoms with E-state index in [2.05, 4.69) is 10.4 Å². The largest absolute Gasteiger partial charge is 0.352 e. The fourth-order valence-electron chi connectivity index (χ4n) is 2.48. The van der Waals surface area contributed by atoms with Crippen molar-refractivity contribution in [1.82, 2.24) is 15.1 Å². The van der Waals surface area contributed by atoms with Gasteiger partial charge < -0.3 is 5.32 Å². The molecule has 3 rings (SSSR count). The molecule has 5 nitrogen and oxygen atoms in total. The number of amides is 1. The molecule has 27 heavy (non-hydrogen) atoms. The zero-order valence-electron chi connectivity index (χ0n) is 14.4. The van der Waals surface area contributed by atoms with E-state index in [9.17, 15) is 14.0 Å². The van der Waals surface area contributed by atoms with Gasteiger partial charge in [-0.05, 0) is 48.0 Å². The van der Waals surface area contributed by atoms with Crippen LogP contribution in [0.4, 0.5) is 4.39 Å². The quantitative estimate of drug-likeness (QED) is 0.707. The van der Waals surface area contributed by atoms with Gasteiger partial charge in [0.05, 0.1) is 12.2 Å². The number of carbonyl (C=O) groups is 1. The molecule has 0 atom stereocenters. The van der Waals surface area contributed by atoms with Gasteiger partial charge in [-0.25, -0.2) is 9.07 Å². The Morgan fingerprint density at radius 2 is 1.74 bits per heavy atom. The van der Waals surface area contributed by atoms with Crippen LogP contribution in [0.3, 0.4) is 0 Å². The van der Waals surface area contributed by atoms with Gasteiger partial charge in [-0.2, -0.15) is 5.10 Å². The molecule has 1 heterocycles. The van der Waals surface area contributed by atoms with Gasteiger partial charge in [0.1, 0.15) is 5.82 Å². The molecule has 0 fully saturated rings. The lowest BCUT2D eigenvalue weighted by atomic mass is 10.1. The molecular weight excluding hydrogens is 369 g/mol. The summed E-state index contributed by atoms with van der Waals surface area (Å²) in [7, 11) is 0. The molecule has 7 heteroatoms. The maximum atomic E-state index is 13.0. The number of rotatable bonds is 6. The second-order valence-corrected chi connectivity index (χ2v) is 6.38. The van der Waals surface area contributed by atoms with E-state index >= 15 is 0 Å². The molecule has 0 saturated heterocycles. The summed E-state index contributed by atoms with van der Waals surface area (Å²) in [6.07, 6.45) is 0.118. The van der Waals surface area contributed by atoms with E-state index in [-0.39, 0.29) is 30.2 Å². The Kier molecular flexibility index (Phi) is 5.98. The molecular formula is C20H17ClFN3O2. The number of nitrogens with one attached hydrogen (secondary N) is 1. The van der Waals surface area contributed by atoms with Crippen molar-refractivity contribution in [2.45, 2.75) is 19.5 Å². The average molecular weight is 386 g/mol. The molecule has 0 aliphatic heterocycles. The van der Waals surface area contributed by atoms with Crippen LogP contribution < -0.4 is 10.9 Å². The molecule has 1 N–H and O–H groups in total. The van der Waals surface area contributed by atoms with Crippen LogP contribution in [0.2, 0.25) is 5.02 Å². The van der Waals surface area contributed by atoms with Crippen molar-refractivity contribution >= 4 is 17.5 Å². The van der Waals surface area contributed by atoms with E-state index in [0.29, 0.717) is 22.8 Å². The number of nitrogens with zero attached hydrogens (tertiary/aromatic N) is 2. The first kappa shape index (κ1) is 18.8. The highest BCUT2D eigenvalue weighted by molar-refractivity contribution is 6.30. The Hall–Kier alpha value is -2.99. The SMILES string of the molecule is O=C(CCn1nc(-c2ccc(F)cc2)ccc1=O)NCc1ccc(Cl)cc1. The summed E-state index contributed by atoms with van der Waals surface area (Å²) in [5, 5.41) is 7.69. The minimum atomic E-state index is -0.343. The standard InChI is InChI=1S/C20H17ClFN3O2/c21-16-5-1-14(2-6-16)13-23-19(26)11-12-25-20(27)10-9-18(24-25)15-3-7-17(22)8-4-15/h1-10H,11-13H2,(H,23,26). The van der Waals surface area contributed by atoms with Crippen molar-refractivity contribution in [3.05, 3.63) is 87.4 Å². The average Bonchev–Trinajstić information content (AvgIpc) is 2.67. The maximum absolute atomic E-state index is 13.0. The van der Waals surface area contributed by atoms with Gasteiger partial charge in [-0.15, -0.1) is 0 Å². The zero-order chi connectivity index (χ0) is 19.2. The second kappa shape index (κ2) is 8.60. The maximum Gasteiger partial charge on any atom is 0.266 e. The number of benzene rings is 2. The van der Waals surface area contributed by atoms with Crippen molar-refractivity contribution in [3.63, 3.8) is 0 Å². The van der Waals surface area contributed by atoms with Gasteiger partial charge in [0.25, 0.3) is 5.56 Å². The Bertz CT molecular complexity index is 985. The second-order valence-electron chi connectivity index (χ2n) is 5.94. The minimum absolute atomic E-state index is 0.118. The normalized spacial score (nSPS) is 10.6. The number of hydrogen-bond donors (Lipinski definition) is 1. The third-order valence-corrected chi connectivity index (χ3v) is 4.21. The Morgan fingerprint density at radius 1 is 1.04 bits per heavy atom. The van der Waals surface area contributed by atoms with Crippen LogP contribution in [-0.2, 0) is 17.9 Å². The number of hydrogen-bond acceptors (Lipinski definition) is 3. The van der Waals surface area contributed by atoms with E-state index in [1.165, 1.54) is 22.9 Å². The van der Waals surface area contributed by atoms with Crippen LogP contribution in [-0.4, -0.2) is 15.7 Å². The topological polar surface area (TPSA) is 64.0 Å². The summed E-state index contributed by atoms with van der Waals surface area (Å²) >= 11 is 5.83. The van der Waals surface area contributed by atoms with Crippen molar-refractivity contribution < 1.29 is 9.18 Å². The predicted molar refractivity (Wildman–Crippen MR) is 102 cm³/mol. The van der Waals surface area contributed by atoms with Crippen LogP contribution in [0.15, 0.2) is 65.5 Å². The van der Waals surface area contributed by atoms with Gasteiger partial charge in [0, 0.05) is 29.6 Å². The lowest BCUT2D eigenvalue weighted by Crippen LogP contribution is -2.28. The van der Waals surface area contributed by atoms with Crippen molar-refractivity contribution in [2.24, 2.45) is 0 Å². The third-order valence-electron chi connectivity index (χ3n) is 3.96. The van der Waals surface area contributed by atoms with Gasteiger partial charge in [-0.1, -0.05) is 23.7 Å². The van der Waals surface area contributed by atoms with Gasteiger partial charge in [0.15, 0.2) is 0 Å². The van der Waals surface area contributed by atoms with Gasteiger partial charge in [0.2, 0.25) is 5.91 Å². The van der Waals surface area contributed by atoms with E-state index in [1.807, 2.05) is 12.1 Å². The Balaban J connectivity index is 1.60. The number of halogens is 2. The molecule has 0 aliphatic carbocycles. The molecule has 2 aromatic carbocycles. The van der Waals surface area contributed by atoms with Crippen molar-refractivity contribution in [2.75, 3.05) is 0 Å². The summed E-state index contributed by atoms with van der Waals surface area (Å²) in [6, 6.07) is 16.0. The van der Waals surface area contributed by atoms with Gasteiger partial charge >= 0.3 is 0 Å². The summed E-state index contributed by atoms with van der Waals surface area (Å²) < 4.78 is 14.3. The molecule has 0 unspecified atom stereocenters. The highest BCUT2D eigenvalue weighted by atomic mass is 35.5. The summed E-state index contributed by atoms with van der Waals surface area (Å²) in [5.41, 5.74) is 1.86. The first-order valence-electron chi connectivity index (χ1n) is 8.36. The molecule has 138 valence electrons. The van der Waals surface area contributed by atoms with Crippen LogP contribution in [0.1, 0.15) is 12.0 Å². The summed E-state index contributed by atoms with van der Waals surface area (Å²) in [5.74, 6) is -0.532. The molecule has 0 bridgehead atoms. The molecule has 1 amide bonds. The molecule has 1 aromatic heterocycles. The molecule has 3 aromatic rings. The molecule has 0 aliphatic rings. The Morgan fingerprint density at radius 3 is 2.44 bits per heavy atom. The van der Waals surface area contributed by atoms with Crippen LogP contribution in [0.5, 0.6) is 0 Å². The lowest BCUT2D eigenvalue weighted by molar-refractivity contribution is -0.121. The van der Waals surface area contributed by atoms with E-state index < -0.39 is 0 Å². The number of aromatic nitrogens is 2. The zero-order valence-corrected chi connectivity index (χ0v) is 15.1. The summed E-state index contributed by atoms with van der Waals surface area (Å²) in [4.78, 5) is 24.0. The minimum Gasteiger partial charge on any atom is -0.352 e. The van der Waals surface area contributed by atoms with Crippen LogP contribution in [0, 0.1) is 5.82 Å². The van der Waals surface area contributed by atoms with E-state index in [4.69, 9.17) is 11.6 Å².